The Morgan fingerprint density at radius 3 is 2.09 bits per heavy atom. The van der Waals surface area contributed by atoms with Crippen LogP contribution in [0.2, 0.25) is 0 Å². The molecule has 1 aliphatic rings. The molecule has 172 valence electrons. The van der Waals surface area contributed by atoms with Gasteiger partial charge in [-0.15, -0.1) is 0 Å². The second-order valence-electron chi connectivity index (χ2n) is 8.56. The molecule has 0 bridgehead atoms. The molecule has 0 aromatic heterocycles. The smallest absolute Gasteiger partial charge is 0.224 e. The summed E-state index contributed by atoms with van der Waals surface area (Å²) in [6.45, 7) is 4.00. The van der Waals surface area contributed by atoms with Crippen molar-refractivity contribution < 1.29 is 9.53 Å². The lowest BCUT2D eigenvalue weighted by Gasteiger charge is -2.34. The summed E-state index contributed by atoms with van der Waals surface area (Å²) in [6.07, 6.45) is 2.66. The topological polar surface area (TPSA) is 44.8 Å². The van der Waals surface area contributed by atoms with Crippen LogP contribution in [-0.2, 0) is 4.79 Å². The molecule has 0 spiro atoms. The molecule has 33 heavy (non-hydrogen) atoms. The zero-order chi connectivity index (χ0) is 22.9. The summed E-state index contributed by atoms with van der Waals surface area (Å²) < 4.78 is 5.33. The number of likely N-dealkylation sites (tertiary alicyclic amines) is 1. The number of amides is 1. The van der Waals surface area contributed by atoms with Crippen molar-refractivity contribution in [3.8, 4) is 5.75 Å². The molecule has 0 saturated carbocycles. The van der Waals surface area contributed by atoms with E-state index in [0.29, 0.717) is 18.1 Å². The van der Waals surface area contributed by atoms with Crippen LogP contribution >= 0.6 is 0 Å². The number of piperidine rings is 1. The number of rotatable bonds is 9. The van der Waals surface area contributed by atoms with Gasteiger partial charge in [-0.2, -0.15) is 0 Å². The first-order valence-electron chi connectivity index (χ1n) is 11.8. The summed E-state index contributed by atoms with van der Waals surface area (Å²) in [7, 11) is 1.62. The molecule has 1 aliphatic heterocycles. The third-order valence-electron chi connectivity index (χ3n) is 6.34. The quantitative estimate of drug-likeness (QED) is 0.469. The molecule has 1 fully saturated rings. The second kappa shape index (κ2) is 11.5. The number of carbonyl (C=O) groups excluding carboxylic acids is 1. The summed E-state index contributed by atoms with van der Waals surface area (Å²) in [5.74, 6) is 1.19. The van der Waals surface area contributed by atoms with Gasteiger partial charge in [-0.3, -0.25) is 4.79 Å². The van der Waals surface area contributed by atoms with Gasteiger partial charge >= 0.3 is 0 Å². The summed E-state index contributed by atoms with van der Waals surface area (Å²) in [5, 5.41) is 3.01. The number of methoxy groups -OCH3 is 1. The van der Waals surface area contributed by atoms with Crippen molar-refractivity contribution >= 4 is 23.0 Å². The van der Waals surface area contributed by atoms with Gasteiger partial charge < -0.3 is 19.9 Å². The SMILES string of the molecule is COc1ccccc1NC(=O)CC1CCN(CCN(c2ccccc2)c2ccccc2)CC1. The van der Waals surface area contributed by atoms with Gasteiger partial charge in [0.05, 0.1) is 12.8 Å². The molecule has 1 N–H and O–H groups in total. The van der Waals surface area contributed by atoms with Crippen molar-refractivity contribution in [2.75, 3.05) is 43.5 Å². The predicted molar refractivity (Wildman–Crippen MR) is 135 cm³/mol. The minimum atomic E-state index is 0.0669. The number of nitrogens with zero attached hydrogens (tertiary/aromatic N) is 2. The monoisotopic (exact) mass is 443 g/mol. The average molecular weight is 444 g/mol. The van der Waals surface area contributed by atoms with Crippen LogP contribution in [0.3, 0.4) is 0 Å². The van der Waals surface area contributed by atoms with Gasteiger partial charge in [0, 0.05) is 30.9 Å². The van der Waals surface area contributed by atoms with Crippen LogP contribution in [0.25, 0.3) is 0 Å². The van der Waals surface area contributed by atoms with Gasteiger partial charge in [0.15, 0.2) is 0 Å². The van der Waals surface area contributed by atoms with Crippen LogP contribution in [0.15, 0.2) is 84.9 Å². The molecule has 0 atom stereocenters. The molecular formula is C28H33N3O2. The van der Waals surface area contributed by atoms with Crippen molar-refractivity contribution in [1.82, 2.24) is 4.90 Å². The van der Waals surface area contributed by atoms with Crippen LogP contribution in [0, 0.1) is 5.92 Å². The number of ether oxygens (including phenoxy) is 1. The highest BCUT2D eigenvalue weighted by molar-refractivity contribution is 5.92. The van der Waals surface area contributed by atoms with E-state index < -0.39 is 0 Å². The van der Waals surface area contributed by atoms with Crippen LogP contribution in [0.1, 0.15) is 19.3 Å². The fourth-order valence-electron chi connectivity index (χ4n) is 4.49. The fourth-order valence-corrected chi connectivity index (χ4v) is 4.49. The molecule has 1 saturated heterocycles. The second-order valence-corrected chi connectivity index (χ2v) is 8.56. The molecule has 0 aliphatic carbocycles. The molecule has 3 aromatic rings. The standard InChI is InChI=1S/C28H33N3O2/c1-33-27-15-9-8-14-26(27)29-28(32)22-23-16-18-30(19-17-23)20-21-31(24-10-4-2-5-11-24)25-12-6-3-7-13-25/h2-15,23H,16-22H2,1H3,(H,29,32). The Morgan fingerprint density at radius 1 is 0.909 bits per heavy atom. The molecule has 4 rings (SSSR count). The maximum absolute atomic E-state index is 12.6. The Kier molecular flexibility index (Phi) is 7.99. The number of nitrogens with one attached hydrogen (secondary N) is 1. The Hall–Kier alpha value is -3.31. The van der Waals surface area contributed by atoms with Crippen molar-refractivity contribution in [2.45, 2.75) is 19.3 Å². The van der Waals surface area contributed by atoms with Crippen LogP contribution in [0.5, 0.6) is 5.75 Å². The molecule has 0 unspecified atom stereocenters. The van der Waals surface area contributed by atoms with Crippen molar-refractivity contribution in [1.29, 1.82) is 0 Å². The lowest BCUT2D eigenvalue weighted by Crippen LogP contribution is -2.39. The van der Waals surface area contributed by atoms with Crippen molar-refractivity contribution in [2.24, 2.45) is 5.92 Å². The minimum Gasteiger partial charge on any atom is -0.495 e. The van der Waals surface area contributed by atoms with E-state index >= 15 is 0 Å². The third kappa shape index (κ3) is 6.36. The number of anilines is 3. The first-order valence-corrected chi connectivity index (χ1v) is 11.8. The van der Waals surface area contributed by atoms with Crippen LogP contribution < -0.4 is 15.0 Å². The van der Waals surface area contributed by atoms with E-state index in [9.17, 15) is 4.79 Å². The van der Waals surface area contributed by atoms with E-state index in [1.165, 1.54) is 11.4 Å². The number of carbonyl (C=O) groups is 1. The predicted octanol–water partition coefficient (Wildman–Crippen LogP) is 5.57. The highest BCUT2D eigenvalue weighted by Gasteiger charge is 2.22. The fraction of sp³-hybridized carbons (Fsp3) is 0.321. The van der Waals surface area contributed by atoms with Crippen LogP contribution in [-0.4, -0.2) is 44.1 Å². The maximum atomic E-state index is 12.6. The van der Waals surface area contributed by atoms with Gasteiger partial charge in [0.25, 0.3) is 0 Å². The van der Waals surface area contributed by atoms with Gasteiger partial charge in [0.2, 0.25) is 5.91 Å². The summed E-state index contributed by atoms with van der Waals surface area (Å²) in [6, 6.07) is 28.7. The molecule has 3 aromatic carbocycles. The van der Waals surface area contributed by atoms with E-state index in [2.05, 4.69) is 75.8 Å². The van der Waals surface area contributed by atoms with E-state index in [4.69, 9.17) is 4.74 Å². The van der Waals surface area contributed by atoms with Crippen LogP contribution in [0.4, 0.5) is 17.1 Å². The van der Waals surface area contributed by atoms with Gasteiger partial charge in [-0.1, -0.05) is 48.5 Å². The molecule has 0 radical (unpaired) electrons. The van der Waals surface area contributed by atoms with Gasteiger partial charge in [0.1, 0.15) is 5.75 Å². The van der Waals surface area contributed by atoms with E-state index in [0.717, 1.165) is 44.7 Å². The Morgan fingerprint density at radius 2 is 1.48 bits per heavy atom. The molecule has 1 amide bonds. The molecule has 5 nitrogen and oxygen atoms in total. The highest BCUT2D eigenvalue weighted by atomic mass is 16.5. The zero-order valence-corrected chi connectivity index (χ0v) is 19.3. The molecule has 1 heterocycles. The summed E-state index contributed by atoms with van der Waals surface area (Å²) in [4.78, 5) is 17.5. The number of benzene rings is 3. The van der Waals surface area contributed by atoms with Crippen molar-refractivity contribution in [3.63, 3.8) is 0 Å². The Labute approximate surface area is 197 Å². The van der Waals surface area contributed by atoms with E-state index in [-0.39, 0.29) is 5.91 Å². The normalized spacial score (nSPS) is 14.6. The Balaban J connectivity index is 1.27. The average Bonchev–Trinajstić information content (AvgIpc) is 2.87. The number of hydrogen-bond donors (Lipinski definition) is 1. The molecular weight excluding hydrogens is 410 g/mol. The number of hydrogen-bond acceptors (Lipinski definition) is 4. The lowest BCUT2D eigenvalue weighted by atomic mass is 9.93. The Bertz CT molecular complexity index is 962. The minimum absolute atomic E-state index is 0.0669. The largest absolute Gasteiger partial charge is 0.495 e. The van der Waals surface area contributed by atoms with Gasteiger partial charge in [-0.05, 0) is 68.2 Å². The first kappa shape index (κ1) is 22.9. The number of para-hydroxylation sites is 4. The molecule has 5 heteroatoms. The van der Waals surface area contributed by atoms with Gasteiger partial charge in [-0.25, -0.2) is 0 Å². The summed E-state index contributed by atoms with van der Waals surface area (Å²) >= 11 is 0. The highest BCUT2D eigenvalue weighted by Crippen LogP contribution is 2.27. The third-order valence-corrected chi connectivity index (χ3v) is 6.34. The first-order chi connectivity index (χ1) is 16.2. The van der Waals surface area contributed by atoms with Crippen molar-refractivity contribution in [3.05, 3.63) is 84.9 Å². The lowest BCUT2D eigenvalue weighted by molar-refractivity contribution is -0.117. The van der Waals surface area contributed by atoms with E-state index in [1.54, 1.807) is 7.11 Å². The zero-order valence-electron chi connectivity index (χ0n) is 19.3. The maximum Gasteiger partial charge on any atom is 0.224 e. The van der Waals surface area contributed by atoms with E-state index in [1.807, 2.05) is 24.3 Å². The summed E-state index contributed by atoms with van der Waals surface area (Å²) in [5.41, 5.74) is 3.17.